The van der Waals surface area contributed by atoms with Crippen LogP contribution in [0.4, 0.5) is 0 Å². The Bertz CT molecular complexity index is 1110. The van der Waals surface area contributed by atoms with Crippen molar-refractivity contribution >= 4 is 27.4 Å². The first-order valence-corrected chi connectivity index (χ1v) is 12.5. The van der Waals surface area contributed by atoms with E-state index in [-0.39, 0.29) is 27.8 Å². The van der Waals surface area contributed by atoms with Crippen LogP contribution >= 0.6 is 11.6 Å². The standard InChI is InChI=1S/C23H32ClN3O4S/c1-16-13-19(17(2)27(16)23(3,4)5)21(28)15-25-9-11-26(12-10-25)32(29,30)18-7-8-22(31-6)20(24)14-18/h7-8,13-14H,9-12,15H2,1-6H3. The van der Waals surface area contributed by atoms with Crippen LogP contribution in [0, 0.1) is 13.8 Å². The van der Waals surface area contributed by atoms with Gasteiger partial charge in [0.1, 0.15) is 5.75 Å². The topological polar surface area (TPSA) is 71.9 Å². The van der Waals surface area contributed by atoms with Gasteiger partial charge in [0.25, 0.3) is 0 Å². The number of ketones is 1. The number of halogens is 1. The number of rotatable bonds is 6. The summed E-state index contributed by atoms with van der Waals surface area (Å²) in [5, 5.41) is 0.255. The molecule has 0 unspecified atom stereocenters. The molecule has 9 heteroatoms. The Balaban J connectivity index is 1.66. The Labute approximate surface area is 196 Å². The molecule has 0 saturated carbocycles. The van der Waals surface area contributed by atoms with E-state index in [0.717, 1.165) is 17.0 Å². The average molecular weight is 482 g/mol. The summed E-state index contributed by atoms with van der Waals surface area (Å²) >= 11 is 6.11. The smallest absolute Gasteiger partial charge is 0.243 e. The van der Waals surface area contributed by atoms with Crippen molar-refractivity contribution in [3.8, 4) is 5.75 Å². The molecule has 0 radical (unpaired) electrons. The number of sulfonamides is 1. The van der Waals surface area contributed by atoms with E-state index in [1.54, 1.807) is 6.07 Å². The molecule has 2 aromatic rings. The molecule has 1 aliphatic heterocycles. The zero-order valence-electron chi connectivity index (χ0n) is 19.6. The van der Waals surface area contributed by atoms with Crippen molar-refractivity contribution in [2.45, 2.75) is 45.1 Å². The van der Waals surface area contributed by atoms with E-state index in [4.69, 9.17) is 16.3 Å². The van der Waals surface area contributed by atoms with Crippen LogP contribution in [0.3, 0.4) is 0 Å². The second-order valence-corrected chi connectivity index (χ2v) is 11.5. The third-order valence-electron chi connectivity index (χ3n) is 5.86. The van der Waals surface area contributed by atoms with Crippen LogP contribution in [0.2, 0.25) is 5.02 Å². The minimum Gasteiger partial charge on any atom is -0.495 e. The molecule has 1 aromatic carbocycles. The first-order valence-electron chi connectivity index (χ1n) is 10.6. The minimum absolute atomic E-state index is 0.0619. The first kappa shape index (κ1) is 24.8. The Hall–Kier alpha value is -1.87. The number of carbonyl (C=O) groups excluding carboxylic acids is 1. The molecule has 176 valence electrons. The maximum absolute atomic E-state index is 13.0. The number of aromatic nitrogens is 1. The van der Waals surface area contributed by atoms with Gasteiger partial charge < -0.3 is 9.30 Å². The maximum atomic E-state index is 13.0. The summed E-state index contributed by atoms with van der Waals surface area (Å²) in [7, 11) is -2.18. The fraction of sp³-hybridized carbons (Fsp3) is 0.522. The van der Waals surface area contributed by atoms with Gasteiger partial charge in [0.05, 0.1) is 23.6 Å². The van der Waals surface area contributed by atoms with Gasteiger partial charge in [-0.25, -0.2) is 8.42 Å². The molecule has 32 heavy (non-hydrogen) atoms. The molecule has 1 aromatic heterocycles. The Morgan fingerprint density at radius 2 is 1.72 bits per heavy atom. The monoisotopic (exact) mass is 481 g/mol. The largest absolute Gasteiger partial charge is 0.495 e. The number of hydrogen-bond donors (Lipinski definition) is 0. The molecule has 0 aliphatic carbocycles. The number of methoxy groups -OCH3 is 1. The van der Waals surface area contributed by atoms with Gasteiger partial charge in [-0.3, -0.25) is 9.69 Å². The Morgan fingerprint density at radius 1 is 1.09 bits per heavy atom. The van der Waals surface area contributed by atoms with E-state index in [0.29, 0.717) is 31.9 Å². The molecular weight excluding hydrogens is 450 g/mol. The van der Waals surface area contributed by atoms with Gasteiger partial charge in [-0.1, -0.05) is 11.6 Å². The van der Waals surface area contributed by atoms with Crippen molar-refractivity contribution in [2.24, 2.45) is 0 Å². The summed E-state index contributed by atoms with van der Waals surface area (Å²) in [5.74, 6) is 0.492. The molecule has 2 heterocycles. The molecule has 0 bridgehead atoms. The molecule has 1 fully saturated rings. The van der Waals surface area contributed by atoms with Gasteiger partial charge in [-0.2, -0.15) is 4.31 Å². The van der Waals surface area contributed by atoms with Gasteiger partial charge in [0, 0.05) is 48.7 Å². The van der Waals surface area contributed by atoms with Gasteiger partial charge >= 0.3 is 0 Å². The van der Waals surface area contributed by atoms with Crippen molar-refractivity contribution in [3.05, 3.63) is 46.2 Å². The number of Topliss-reactive ketones (excluding diaryl/α,β-unsaturated/α-hetero) is 1. The van der Waals surface area contributed by atoms with E-state index in [1.165, 1.54) is 23.5 Å². The number of ether oxygens (including phenoxy) is 1. The van der Waals surface area contributed by atoms with Crippen LogP contribution < -0.4 is 4.74 Å². The Kier molecular flexibility index (Phi) is 7.10. The molecule has 0 spiro atoms. The van der Waals surface area contributed by atoms with Crippen molar-refractivity contribution in [1.29, 1.82) is 0 Å². The normalized spacial score (nSPS) is 16.3. The van der Waals surface area contributed by atoms with Crippen LogP contribution in [0.1, 0.15) is 42.5 Å². The summed E-state index contributed by atoms with van der Waals surface area (Å²) in [5.41, 5.74) is 2.67. The summed E-state index contributed by atoms with van der Waals surface area (Å²) in [4.78, 5) is 15.2. The second-order valence-electron chi connectivity index (χ2n) is 9.19. The highest BCUT2D eigenvalue weighted by Crippen LogP contribution is 2.29. The van der Waals surface area contributed by atoms with Crippen LogP contribution in [0.5, 0.6) is 5.75 Å². The number of carbonyl (C=O) groups is 1. The van der Waals surface area contributed by atoms with E-state index < -0.39 is 10.0 Å². The third kappa shape index (κ3) is 4.88. The third-order valence-corrected chi connectivity index (χ3v) is 8.05. The fourth-order valence-electron chi connectivity index (χ4n) is 4.45. The number of aryl methyl sites for hydroxylation is 1. The highest BCUT2D eigenvalue weighted by Gasteiger charge is 2.30. The summed E-state index contributed by atoms with van der Waals surface area (Å²) < 4.78 is 34.7. The minimum atomic E-state index is -3.66. The fourth-order valence-corrected chi connectivity index (χ4v) is 6.22. The molecule has 0 atom stereocenters. The predicted molar refractivity (Wildman–Crippen MR) is 126 cm³/mol. The van der Waals surface area contributed by atoms with Gasteiger partial charge in [0.15, 0.2) is 5.78 Å². The van der Waals surface area contributed by atoms with Crippen LogP contribution in [-0.4, -0.2) is 67.8 Å². The Morgan fingerprint density at radius 3 is 2.22 bits per heavy atom. The van der Waals surface area contributed by atoms with Crippen molar-refractivity contribution in [1.82, 2.24) is 13.8 Å². The lowest BCUT2D eigenvalue weighted by Crippen LogP contribution is -2.49. The van der Waals surface area contributed by atoms with Crippen molar-refractivity contribution < 1.29 is 17.9 Å². The van der Waals surface area contributed by atoms with Gasteiger partial charge in [0.2, 0.25) is 10.0 Å². The summed E-state index contributed by atoms with van der Waals surface area (Å²) in [6.07, 6.45) is 0. The lowest BCUT2D eigenvalue weighted by molar-refractivity contribution is 0.0901. The molecule has 0 N–H and O–H groups in total. The number of piperazine rings is 1. The zero-order valence-corrected chi connectivity index (χ0v) is 21.2. The molecule has 1 saturated heterocycles. The summed E-state index contributed by atoms with van der Waals surface area (Å²) in [6, 6.07) is 6.42. The number of benzene rings is 1. The lowest BCUT2D eigenvalue weighted by Gasteiger charge is -2.33. The maximum Gasteiger partial charge on any atom is 0.243 e. The molecule has 0 amide bonds. The molecule has 7 nitrogen and oxygen atoms in total. The zero-order chi connectivity index (χ0) is 23.8. The quantitative estimate of drug-likeness (QED) is 0.588. The van der Waals surface area contributed by atoms with E-state index in [1.807, 2.05) is 24.8 Å². The number of nitrogens with zero attached hydrogens (tertiary/aromatic N) is 3. The molecule has 1 aliphatic rings. The molecule has 3 rings (SSSR count). The lowest BCUT2D eigenvalue weighted by atomic mass is 10.1. The van der Waals surface area contributed by atoms with Crippen LogP contribution in [-0.2, 0) is 15.6 Å². The predicted octanol–water partition coefficient (Wildman–Crippen LogP) is 3.71. The average Bonchev–Trinajstić information content (AvgIpc) is 3.02. The second kappa shape index (κ2) is 9.17. The molecular formula is C23H32ClN3O4S. The van der Waals surface area contributed by atoms with Crippen molar-refractivity contribution in [2.75, 3.05) is 39.8 Å². The van der Waals surface area contributed by atoms with Crippen molar-refractivity contribution in [3.63, 3.8) is 0 Å². The van der Waals surface area contributed by atoms with Gasteiger partial charge in [-0.05, 0) is 58.9 Å². The van der Waals surface area contributed by atoms with E-state index >= 15 is 0 Å². The first-order chi connectivity index (χ1) is 14.9. The number of hydrogen-bond acceptors (Lipinski definition) is 5. The SMILES string of the molecule is COc1ccc(S(=O)(=O)N2CCN(CC(=O)c3cc(C)n(C(C)(C)C)c3C)CC2)cc1Cl. The highest BCUT2D eigenvalue weighted by atomic mass is 35.5. The summed E-state index contributed by atoms with van der Waals surface area (Å²) in [6.45, 7) is 12.3. The van der Waals surface area contributed by atoms with Gasteiger partial charge in [-0.15, -0.1) is 0 Å². The van der Waals surface area contributed by atoms with Crippen LogP contribution in [0.15, 0.2) is 29.2 Å². The van der Waals surface area contributed by atoms with E-state index in [9.17, 15) is 13.2 Å². The highest BCUT2D eigenvalue weighted by molar-refractivity contribution is 7.89. The van der Waals surface area contributed by atoms with Crippen LogP contribution in [0.25, 0.3) is 0 Å². The van der Waals surface area contributed by atoms with E-state index in [2.05, 4.69) is 25.3 Å².